The number of aromatic amines is 1. The lowest BCUT2D eigenvalue weighted by atomic mass is 9.79. The van der Waals surface area contributed by atoms with Crippen LogP contribution in [0.4, 0.5) is 0 Å². The van der Waals surface area contributed by atoms with Crippen LogP contribution in [0.25, 0.3) is 0 Å². The Morgan fingerprint density at radius 3 is 2.79 bits per heavy atom. The Labute approximate surface area is 166 Å². The summed E-state index contributed by atoms with van der Waals surface area (Å²) in [6, 6.07) is 0.278. The maximum atomic E-state index is 11.2. The number of aryl methyl sites for hydroxylation is 1. The predicted octanol–water partition coefficient (Wildman–Crippen LogP) is 1.82. The van der Waals surface area contributed by atoms with Crippen LogP contribution in [-0.4, -0.2) is 48.9 Å². The molecule has 0 unspecified atom stereocenters. The van der Waals surface area contributed by atoms with Crippen molar-refractivity contribution in [2.45, 2.75) is 76.9 Å². The van der Waals surface area contributed by atoms with Crippen molar-refractivity contribution in [2.75, 3.05) is 7.05 Å². The van der Waals surface area contributed by atoms with Crippen LogP contribution in [0.2, 0.25) is 0 Å². The van der Waals surface area contributed by atoms with E-state index in [1.165, 1.54) is 36.2 Å². The molecule has 0 aromatic carbocycles. The number of carbonyl (C=O) groups is 1. The van der Waals surface area contributed by atoms with Gasteiger partial charge in [0.1, 0.15) is 11.6 Å². The molecule has 0 bridgehead atoms. The van der Waals surface area contributed by atoms with Crippen molar-refractivity contribution in [2.24, 2.45) is 7.05 Å². The SMILES string of the molecule is CC(=O)NC1CC(c2nnc(CN(C)Cc3n[nH]c4c3CCCCC4)n2C)C1. The van der Waals surface area contributed by atoms with E-state index >= 15 is 0 Å². The molecule has 2 N–H and O–H groups in total. The highest BCUT2D eigenvalue weighted by atomic mass is 16.1. The van der Waals surface area contributed by atoms with E-state index in [9.17, 15) is 4.79 Å². The number of rotatable bonds is 6. The molecule has 28 heavy (non-hydrogen) atoms. The molecule has 1 fully saturated rings. The van der Waals surface area contributed by atoms with Gasteiger partial charge in [-0.25, -0.2) is 0 Å². The van der Waals surface area contributed by atoms with E-state index in [0.717, 1.165) is 50.4 Å². The number of H-pyrrole nitrogens is 1. The molecule has 152 valence electrons. The van der Waals surface area contributed by atoms with Crippen LogP contribution in [0.5, 0.6) is 0 Å². The predicted molar refractivity (Wildman–Crippen MR) is 106 cm³/mol. The van der Waals surface area contributed by atoms with E-state index in [4.69, 9.17) is 0 Å². The summed E-state index contributed by atoms with van der Waals surface area (Å²) < 4.78 is 2.12. The molecule has 2 heterocycles. The molecular formula is C20H31N7O. The van der Waals surface area contributed by atoms with Gasteiger partial charge in [0.05, 0.1) is 12.2 Å². The lowest BCUT2D eigenvalue weighted by Crippen LogP contribution is -2.43. The van der Waals surface area contributed by atoms with Gasteiger partial charge in [0.15, 0.2) is 0 Å². The summed E-state index contributed by atoms with van der Waals surface area (Å²) >= 11 is 0. The normalized spacial score (nSPS) is 21.9. The topological polar surface area (TPSA) is 91.7 Å². The van der Waals surface area contributed by atoms with E-state index < -0.39 is 0 Å². The summed E-state index contributed by atoms with van der Waals surface area (Å²) in [5.74, 6) is 2.43. The molecule has 2 aromatic heterocycles. The largest absolute Gasteiger partial charge is 0.354 e. The second kappa shape index (κ2) is 8.03. The quantitative estimate of drug-likeness (QED) is 0.740. The first-order valence-corrected chi connectivity index (χ1v) is 10.4. The fraction of sp³-hybridized carbons (Fsp3) is 0.700. The molecule has 4 rings (SSSR count). The first kappa shape index (κ1) is 19.1. The van der Waals surface area contributed by atoms with Gasteiger partial charge < -0.3 is 9.88 Å². The summed E-state index contributed by atoms with van der Waals surface area (Å²) in [5.41, 5.74) is 3.95. The number of nitrogens with one attached hydrogen (secondary N) is 2. The third-order valence-corrected chi connectivity index (χ3v) is 6.13. The summed E-state index contributed by atoms with van der Waals surface area (Å²) in [4.78, 5) is 13.4. The molecule has 2 aliphatic carbocycles. The van der Waals surface area contributed by atoms with Gasteiger partial charge >= 0.3 is 0 Å². The van der Waals surface area contributed by atoms with Gasteiger partial charge in [-0.1, -0.05) is 6.42 Å². The number of aromatic nitrogens is 5. The van der Waals surface area contributed by atoms with Gasteiger partial charge in [-0.15, -0.1) is 10.2 Å². The minimum Gasteiger partial charge on any atom is -0.354 e. The molecular weight excluding hydrogens is 354 g/mol. The summed E-state index contributed by atoms with van der Waals surface area (Å²) in [7, 11) is 4.16. The summed E-state index contributed by atoms with van der Waals surface area (Å²) in [6.07, 6.45) is 7.98. The number of carbonyl (C=O) groups excluding carboxylic acids is 1. The first-order chi connectivity index (χ1) is 13.5. The molecule has 0 spiro atoms. The second-order valence-electron chi connectivity index (χ2n) is 8.46. The van der Waals surface area contributed by atoms with Crippen molar-refractivity contribution in [1.82, 2.24) is 35.2 Å². The van der Waals surface area contributed by atoms with E-state index in [2.05, 4.69) is 42.2 Å². The Bertz CT molecular complexity index is 834. The Kier molecular flexibility index (Phi) is 5.48. The van der Waals surface area contributed by atoms with Gasteiger partial charge in [-0.2, -0.15) is 5.10 Å². The Hall–Kier alpha value is -2.22. The molecule has 1 amide bonds. The number of hydrogen-bond donors (Lipinski definition) is 2. The minimum atomic E-state index is 0.0417. The van der Waals surface area contributed by atoms with E-state index in [0.29, 0.717) is 5.92 Å². The zero-order valence-corrected chi connectivity index (χ0v) is 17.2. The number of fused-ring (bicyclic) bond motifs is 1. The van der Waals surface area contributed by atoms with Crippen LogP contribution in [0, 0.1) is 0 Å². The summed E-state index contributed by atoms with van der Waals surface area (Å²) in [5, 5.41) is 19.7. The number of nitrogens with zero attached hydrogens (tertiary/aromatic N) is 5. The zero-order valence-electron chi connectivity index (χ0n) is 17.2. The van der Waals surface area contributed by atoms with Crippen LogP contribution in [0.1, 0.15) is 73.5 Å². The highest BCUT2D eigenvalue weighted by Gasteiger charge is 2.34. The highest BCUT2D eigenvalue weighted by Crippen LogP contribution is 2.35. The van der Waals surface area contributed by atoms with Crippen LogP contribution < -0.4 is 5.32 Å². The van der Waals surface area contributed by atoms with Crippen molar-refractivity contribution in [1.29, 1.82) is 0 Å². The molecule has 2 aromatic rings. The monoisotopic (exact) mass is 385 g/mol. The average molecular weight is 386 g/mol. The van der Waals surface area contributed by atoms with Gasteiger partial charge in [-0.05, 0) is 51.1 Å². The zero-order chi connectivity index (χ0) is 19.7. The van der Waals surface area contributed by atoms with E-state index in [1.54, 1.807) is 6.92 Å². The van der Waals surface area contributed by atoms with Gasteiger partial charge in [-0.3, -0.25) is 14.8 Å². The van der Waals surface area contributed by atoms with Crippen LogP contribution in [0.15, 0.2) is 0 Å². The van der Waals surface area contributed by atoms with Crippen LogP contribution in [-0.2, 0) is 37.8 Å². The fourth-order valence-corrected chi connectivity index (χ4v) is 4.51. The van der Waals surface area contributed by atoms with E-state index in [-0.39, 0.29) is 11.9 Å². The third kappa shape index (κ3) is 3.97. The average Bonchev–Trinajstić information content (AvgIpc) is 3.05. The molecule has 2 aliphatic rings. The lowest BCUT2D eigenvalue weighted by Gasteiger charge is -2.34. The molecule has 0 aliphatic heterocycles. The van der Waals surface area contributed by atoms with Crippen LogP contribution >= 0.6 is 0 Å². The van der Waals surface area contributed by atoms with Crippen LogP contribution in [0.3, 0.4) is 0 Å². The molecule has 0 saturated heterocycles. The smallest absolute Gasteiger partial charge is 0.217 e. The molecule has 1 saturated carbocycles. The van der Waals surface area contributed by atoms with Crippen molar-refractivity contribution < 1.29 is 4.79 Å². The molecule has 0 atom stereocenters. The number of amides is 1. The second-order valence-corrected chi connectivity index (χ2v) is 8.46. The Morgan fingerprint density at radius 1 is 1.21 bits per heavy atom. The van der Waals surface area contributed by atoms with Crippen molar-refractivity contribution >= 4 is 5.91 Å². The van der Waals surface area contributed by atoms with Gasteiger partial charge in [0.25, 0.3) is 0 Å². The van der Waals surface area contributed by atoms with Crippen molar-refractivity contribution in [3.63, 3.8) is 0 Å². The Balaban J connectivity index is 1.36. The summed E-state index contributed by atoms with van der Waals surface area (Å²) in [6.45, 7) is 3.14. The van der Waals surface area contributed by atoms with E-state index in [1.807, 2.05) is 7.05 Å². The molecule has 0 radical (unpaired) electrons. The van der Waals surface area contributed by atoms with Crippen molar-refractivity contribution in [3.8, 4) is 0 Å². The third-order valence-electron chi connectivity index (χ3n) is 6.13. The highest BCUT2D eigenvalue weighted by molar-refractivity contribution is 5.73. The molecule has 8 heteroatoms. The maximum absolute atomic E-state index is 11.2. The first-order valence-electron chi connectivity index (χ1n) is 10.4. The minimum absolute atomic E-state index is 0.0417. The van der Waals surface area contributed by atoms with Crippen molar-refractivity contribution in [3.05, 3.63) is 28.6 Å². The number of hydrogen-bond acceptors (Lipinski definition) is 5. The molecule has 8 nitrogen and oxygen atoms in total. The lowest BCUT2D eigenvalue weighted by molar-refractivity contribution is -0.120. The maximum Gasteiger partial charge on any atom is 0.217 e. The van der Waals surface area contributed by atoms with Gasteiger partial charge in [0, 0.05) is 38.2 Å². The van der Waals surface area contributed by atoms with Gasteiger partial charge in [0.2, 0.25) is 5.91 Å². The Morgan fingerprint density at radius 2 is 2.00 bits per heavy atom. The fourth-order valence-electron chi connectivity index (χ4n) is 4.51. The standard InChI is InChI=1S/C20H31N7O/c1-13(28)21-15-9-14(10-15)20-25-24-19(27(20)3)12-26(2)11-18-16-7-5-4-6-8-17(16)22-23-18/h14-15H,4-12H2,1-3H3,(H,21,28)(H,22,23).